The quantitative estimate of drug-likeness (QED) is 0.838. The number of carbonyl (C=O) groups excluding carboxylic acids is 1. The van der Waals surface area contributed by atoms with Crippen molar-refractivity contribution in [3.8, 4) is 0 Å². The van der Waals surface area contributed by atoms with E-state index in [1.165, 1.54) is 7.11 Å². The zero-order valence-electron chi connectivity index (χ0n) is 9.95. The Morgan fingerprint density at radius 1 is 1.44 bits per heavy atom. The first-order valence-corrected chi connectivity index (χ1v) is 6.16. The van der Waals surface area contributed by atoms with Gasteiger partial charge in [0.2, 0.25) is 5.91 Å². The smallest absolute Gasteiger partial charge is 0.224 e. The monoisotopic (exact) mass is 291 g/mol. The summed E-state index contributed by atoms with van der Waals surface area (Å²) in [5, 5.41) is 12.9. The number of nitrogens with one attached hydrogen (secondary N) is 1. The molecule has 1 aromatic rings. The molecular formula is C12H15Cl2NO3. The molecule has 0 radical (unpaired) electrons. The number of aliphatic hydroxyl groups is 1. The number of amides is 1. The fraction of sp³-hybridized carbons (Fsp3) is 0.417. The van der Waals surface area contributed by atoms with E-state index in [1.54, 1.807) is 18.2 Å². The number of hydrogen-bond acceptors (Lipinski definition) is 3. The summed E-state index contributed by atoms with van der Waals surface area (Å²) >= 11 is 11.9. The van der Waals surface area contributed by atoms with Gasteiger partial charge < -0.3 is 15.2 Å². The first-order valence-electron chi connectivity index (χ1n) is 5.41. The third-order valence-electron chi connectivity index (χ3n) is 2.29. The standard InChI is InChI=1S/C12H15Cl2NO3/c1-18-7-8(16)6-15-12(17)5-9-10(13)3-2-4-11(9)14/h2-4,8,16H,5-7H2,1H3,(H,15,17). The lowest BCUT2D eigenvalue weighted by Gasteiger charge is -2.11. The van der Waals surface area contributed by atoms with E-state index in [1.807, 2.05) is 0 Å². The van der Waals surface area contributed by atoms with Gasteiger partial charge in [0.05, 0.1) is 19.1 Å². The zero-order valence-corrected chi connectivity index (χ0v) is 11.5. The molecule has 0 fully saturated rings. The Balaban J connectivity index is 2.50. The summed E-state index contributed by atoms with van der Waals surface area (Å²) < 4.78 is 4.75. The van der Waals surface area contributed by atoms with Gasteiger partial charge in [-0.3, -0.25) is 4.79 Å². The molecule has 6 heteroatoms. The van der Waals surface area contributed by atoms with Gasteiger partial charge in [0.15, 0.2) is 0 Å². The van der Waals surface area contributed by atoms with E-state index in [9.17, 15) is 9.90 Å². The van der Waals surface area contributed by atoms with Gasteiger partial charge in [-0.25, -0.2) is 0 Å². The highest BCUT2D eigenvalue weighted by molar-refractivity contribution is 6.36. The number of aliphatic hydroxyl groups excluding tert-OH is 1. The predicted molar refractivity (Wildman–Crippen MR) is 71.1 cm³/mol. The van der Waals surface area contributed by atoms with Crippen LogP contribution in [0, 0.1) is 0 Å². The van der Waals surface area contributed by atoms with Crippen molar-refractivity contribution in [3.63, 3.8) is 0 Å². The number of rotatable bonds is 6. The second-order valence-electron chi connectivity index (χ2n) is 3.79. The highest BCUT2D eigenvalue weighted by Gasteiger charge is 2.12. The van der Waals surface area contributed by atoms with Crippen molar-refractivity contribution in [2.45, 2.75) is 12.5 Å². The van der Waals surface area contributed by atoms with Crippen LogP contribution in [0.25, 0.3) is 0 Å². The minimum absolute atomic E-state index is 0.0816. The van der Waals surface area contributed by atoms with Crippen LogP contribution in [-0.4, -0.2) is 37.4 Å². The van der Waals surface area contributed by atoms with Crippen LogP contribution in [0.4, 0.5) is 0 Å². The summed E-state index contributed by atoms with van der Waals surface area (Å²) in [5.41, 5.74) is 0.583. The molecular weight excluding hydrogens is 277 g/mol. The van der Waals surface area contributed by atoms with Crippen LogP contribution < -0.4 is 5.32 Å². The van der Waals surface area contributed by atoms with Gasteiger partial charge in [-0.1, -0.05) is 29.3 Å². The first kappa shape index (κ1) is 15.2. The van der Waals surface area contributed by atoms with E-state index < -0.39 is 6.10 Å². The van der Waals surface area contributed by atoms with Crippen molar-refractivity contribution in [2.24, 2.45) is 0 Å². The molecule has 1 atom stereocenters. The number of carbonyl (C=O) groups is 1. The highest BCUT2D eigenvalue weighted by atomic mass is 35.5. The second-order valence-corrected chi connectivity index (χ2v) is 4.60. The molecule has 0 bridgehead atoms. The number of benzene rings is 1. The van der Waals surface area contributed by atoms with E-state index in [4.69, 9.17) is 27.9 Å². The van der Waals surface area contributed by atoms with Crippen LogP contribution in [0.2, 0.25) is 10.0 Å². The van der Waals surface area contributed by atoms with Gasteiger partial charge in [-0.2, -0.15) is 0 Å². The lowest BCUT2D eigenvalue weighted by atomic mass is 10.1. The molecule has 0 heterocycles. The fourth-order valence-electron chi connectivity index (χ4n) is 1.41. The average molecular weight is 292 g/mol. The zero-order chi connectivity index (χ0) is 13.5. The Bertz CT molecular complexity index is 392. The summed E-state index contributed by atoms with van der Waals surface area (Å²) in [4.78, 5) is 11.6. The van der Waals surface area contributed by atoms with Crippen molar-refractivity contribution in [3.05, 3.63) is 33.8 Å². The van der Waals surface area contributed by atoms with E-state index in [0.29, 0.717) is 15.6 Å². The Hall–Kier alpha value is -0.810. The molecule has 100 valence electrons. The van der Waals surface area contributed by atoms with Crippen molar-refractivity contribution in [1.29, 1.82) is 0 Å². The topological polar surface area (TPSA) is 58.6 Å². The summed E-state index contributed by atoms with van der Waals surface area (Å²) in [6, 6.07) is 5.07. The van der Waals surface area contributed by atoms with Crippen LogP contribution in [0.15, 0.2) is 18.2 Å². The largest absolute Gasteiger partial charge is 0.389 e. The minimum Gasteiger partial charge on any atom is -0.389 e. The summed E-state index contributed by atoms with van der Waals surface area (Å²) in [5.74, 6) is -0.250. The van der Waals surface area contributed by atoms with Gasteiger partial charge in [0, 0.05) is 23.7 Å². The van der Waals surface area contributed by atoms with Crippen LogP contribution in [0.5, 0.6) is 0 Å². The van der Waals surface area contributed by atoms with E-state index in [-0.39, 0.29) is 25.5 Å². The number of methoxy groups -OCH3 is 1. The summed E-state index contributed by atoms with van der Waals surface area (Å²) in [6.07, 6.45) is -0.640. The van der Waals surface area contributed by atoms with Gasteiger partial charge in [0.1, 0.15) is 0 Å². The Labute approximate surface area is 116 Å². The van der Waals surface area contributed by atoms with Gasteiger partial charge in [-0.05, 0) is 17.7 Å². The molecule has 0 saturated heterocycles. The molecule has 0 aliphatic rings. The predicted octanol–water partition coefficient (Wildman–Crippen LogP) is 1.66. The van der Waals surface area contributed by atoms with Gasteiger partial charge >= 0.3 is 0 Å². The Morgan fingerprint density at radius 3 is 2.61 bits per heavy atom. The van der Waals surface area contributed by atoms with Crippen molar-refractivity contribution in [1.82, 2.24) is 5.32 Å². The normalized spacial score (nSPS) is 12.2. The molecule has 4 nitrogen and oxygen atoms in total. The molecule has 0 spiro atoms. The van der Waals surface area contributed by atoms with E-state index >= 15 is 0 Å². The third kappa shape index (κ3) is 4.82. The summed E-state index contributed by atoms with van der Waals surface area (Å²) in [7, 11) is 1.48. The number of ether oxygens (including phenoxy) is 1. The maximum absolute atomic E-state index is 11.6. The fourth-order valence-corrected chi connectivity index (χ4v) is 1.94. The molecule has 0 aromatic heterocycles. The van der Waals surface area contributed by atoms with Crippen molar-refractivity contribution in [2.75, 3.05) is 20.3 Å². The van der Waals surface area contributed by atoms with Gasteiger partial charge in [0.25, 0.3) is 0 Å². The Morgan fingerprint density at radius 2 is 2.06 bits per heavy atom. The third-order valence-corrected chi connectivity index (χ3v) is 3.00. The van der Waals surface area contributed by atoms with Crippen LogP contribution in [0.1, 0.15) is 5.56 Å². The molecule has 1 aromatic carbocycles. The minimum atomic E-state index is -0.722. The lowest BCUT2D eigenvalue weighted by Crippen LogP contribution is -2.35. The maximum atomic E-state index is 11.6. The van der Waals surface area contributed by atoms with Crippen molar-refractivity contribution >= 4 is 29.1 Å². The second kappa shape index (κ2) is 7.59. The Kier molecular flexibility index (Phi) is 6.43. The molecule has 0 aliphatic carbocycles. The van der Waals surface area contributed by atoms with Gasteiger partial charge in [-0.15, -0.1) is 0 Å². The number of halogens is 2. The molecule has 1 unspecified atom stereocenters. The summed E-state index contributed by atoms with van der Waals surface area (Å²) in [6.45, 7) is 0.307. The molecule has 2 N–H and O–H groups in total. The lowest BCUT2D eigenvalue weighted by molar-refractivity contribution is -0.121. The van der Waals surface area contributed by atoms with Crippen LogP contribution in [-0.2, 0) is 16.0 Å². The van der Waals surface area contributed by atoms with E-state index in [0.717, 1.165) is 0 Å². The SMILES string of the molecule is COCC(O)CNC(=O)Cc1c(Cl)cccc1Cl. The molecule has 18 heavy (non-hydrogen) atoms. The molecule has 0 aliphatic heterocycles. The van der Waals surface area contributed by atoms with E-state index in [2.05, 4.69) is 5.32 Å². The van der Waals surface area contributed by atoms with Crippen LogP contribution in [0.3, 0.4) is 0 Å². The first-order chi connectivity index (χ1) is 8.54. The average Bonchev–Trinajstić information content (AvgIpc) is 2.32. The van der Waals surface area contributed by atoms with Crippen LogP contribution >= 0.6 is 23.2 Å². The maximum Gasteiger partial charge on any atom is 0.224 e. The highest BCUT2D eigenvalue weighted by Crippen LogP contribution is 2.24. The molecule has 1 amide bonds. The molecule has 0 saturated carbocycles. The van der Waals surface area contributed by atoms with Crippen molar-refractivity contribution < 1.29 is 14.6 Å². The number of hydrogen-bond donors (Lipinski definition) is 2. The molecule has 1 rings (SSSR count).